The monoisotopic (exact) mass is 187 g/mol. The van der Waals surface area contributed by atoms with Crippen molar-refractivity contribution in [3.63, 3.8) is 0 Å². The molecule has 0 bridgehead atoms. The Balaban J connectivity index is 4.43. The first-order valence-electron chi connectivity index (χ1n) is 4.56. The van der Waals surface area contributed by atoms with E-state index in [0.717, 1.165) is 0 Å². The maximum absolute atomic E-state index is 10.6. The minimum absolute atomic E-state index is 0.0647. The Morgan fingerprint density at radius 2 is 1.69 bits per heavy atom. The molecule has 0 aliphatic heterocycles. The fourth-order valence-electron chi connectivity index (χ4n) is 0.943. The summed E-state index contributed by atoms with van der Waals surface area (Å²) < 4.78 is 0. The molecule has 0 saturated carbocycles. The van der Waals surface area contributed by atoms with Gasteiger partial charge in [-0.05, 0) is 17.3 Å². The Morgan fingerprint density at radius 1 is 1.31 bits per heavy atom. The molecule has 0 amide bonds. The van der Waals surface area contributed by atoms with E-state index < -0.39 is 12.0 Å². The standard InChI is InChI=1S/C10H21NO2/c1-9(2,3)10(4,5)6-7(11)8(12)13/h7H,6,11H2,1-5H3,(H,12,13). The molecule has 3 heteroatoms. The van der Waals surface area contributed by atoms with Gasteiger partial charge in [0.1, 0.15) is 6.04 Å². The Labute approximate surface area is 80.3 Å². The van der Waals surface area contributed by atoms with E-state index in [1.165, 1.54) is 0 Å². The van der Waals surface area contributed by atoms with Crippen LogP contribution >= 0.6 is 0 Å². The number of carboxylic acid groups (broad SMARTS) is 1. The van der Waals surface area contributed by atoms with Crippen LogP contribution in [0.5, 0.6) is 0 Å². The van der Waals surface area contributed by atoms with E-state index in [0.29, 0.717) is 6.42 Å². The van der Waals surface area contributed by atoms with Crippen molar-refractivity contribution in [1.82, 2.24) is 0 Å². The molecular weight excluding hydrogens is 166 g/mol. The lowest BCUT2D eigenvalue weighted by Crippen LogP contribution is -2.40. The van der Waals surface area contributed by atoms with Crippen LogP contribution in [0, 0.1) is 10.8 Å². The molecule has 0 spiro atoms. The minimum Gasteiger partial charge on any atom is -0.480 e. The van der Waals surface area contributed by atoms with Gasteiger partial charge < -0.3 is 10.8 Å². The summed E-state index contributed by atoms with van der Waals surface area (Å²) in [7, 11) is 0. The van der Waals surface area contributed by atoms with Crippen molar-refractivity contribution in [3.8, 4) is 0 Å². The summed E-state index contributed by atoms with van der Waals surface area (Å²) >= 11 is 0. The highest BCUT2D eigenvalue weighted by atomic mass is 16.4. The van der Waals surface area contributed by atoms with Gasteiger partial charge in [-0.2, -0.15) is 0 Å². The molecule has 3 nitrogen and oxygen atoms in total. The van der Waals surface area contributed by atoms with Crippen LogP contribution in [0.4, 0.5) is 0 Å². The summed E-state index contributed by atoms with van der Waals surface area (Å²) in [6.45, 7) is 10.4. The molecular formula is C10H21NO2. The van der Waals surface area contributed by atoms with Crippen LogP contribution in [0.15, 0.2) is 0 Å². The first-order chi connectivity index (χ1) is 5.58. The second-order valence-electron chi connectivity index (χ2n) is 5.28. The third kappa shape index (κ3) is 3.35. The van der Waals surface area contributed by atoms with Gasteiger partial charge in [-0.25, -0.2) is 0 Å². The molecule has 1 unspecified atom stereocenters. The third-order valence-electron chi connectivity index (χ3n) is 3.08. The number of carbonyl (C=O) groups is 1. The van der Waals surface area contributed by atoms with Crippen molar-refractivity contribution in [3.05, 3.63) is 0 Å². The van der Waals surface area contributed by atoms with Gasteiger partial charge in [-0.15, -0.1) is 0 Å². The summed E-state index contributed by atoms with van der Waals surface area (Å²) in [5, 5.41) is 8.69. The zero-order valence-corrected chi connectivity index (χ0v) is 9.22. The molecule has 0 saturated heterocycles. The SMILES string of the molecule is CC(C)(C)C(C)(C)CC(N)C(=O)O. The van der Waals surface area contributed by atoms with Crippen LogP contribution in [0.3, 0.4) is 0 Å². The predicted octanol–water partition coefficient (Wildman–Crippen LogP) is 1.86. The topological polar surface area (TPSA) is 63.3 Å². The summed E-state index contributed by atoms with van der Waals surface area (Å²) in [5.41, 5.74) is 5.50. The van der Waals surface area contributed by atoms with Crippen LogP contribution in [-0.4, -0.2) is 17.1 Å². The Bertz CT molecular complexity index is 192. The molecule has 0 aliphatic carbocycles. The van der Waals surface area contributed by atoms with E-state index in [1.807, 2.05) is 0 Å². The molecule has 0 fully saturated rings. The fraction of sp³-hybridized carbons (Fsp3) is 0.900. The molecule has 78 valence electrons. The highest BCUT2D eigenvalue weighted by Crippen LogP contribution is 2.41. The van der Waals surface area contributed by atoms with E-state index in [4.69, 9.17) is 10.8 Å². The molecule has 0 aromatic carbocycles. The summed E-state index contributed by atoms with van der Waals surface area (Å²) in [5.74, 6) is -0.919. The normalized spacial score (nSPS) is 15.5. The lowest BCUT2D eigenvalue weighted by molar-refractivity contribution is -0.139. The molecule has 0 rings (SSSR count). The van der Waals surface area contributed by atoms with E-state index in [9.17, 15) is 4.79 Å². The third-order valence-corrected chi connectivity index (χ3v) is 3.08. The van der Waals surface area contributed by atoms with Crippen molar-refractivity contribution in [2.24, 2.45) is 16.6 Å². The number of nitrogens with two attached hydrogens (primary N) is 1. The predicted molar refractivity (Wildman–Crippen MR) is 53.5 cm³/mol. The lowest BCUT2D eigenvalue weighted by atomic mass is 9.66. The average molecular weight is 187 g/mol. The Hall–Kier alpha value is -0.570. The van der Waals surface area contributed by atoms with Crippen molar-refractivity contribution < 1.29 is 9.90 Å². The summed E-state index contributed by atoms with van der Waals surface area (Å²) in [6, 6.07) is -0.755. The van der Waals surface area contributed by atoms with Crippen molar-refractivity contribution >= 4 is 5.97 Å². The zero-order valence-electron chi connectivity index (χ0n) is 9.22. The highest BCUT2D eigenvalue weighted by molar-refractivity contribution is 5.73. The first-order valence-corrected chi connectivity index (χ1v) is 4.56. The van der Waals surface area contributed by atoms with Crippen molar-refractivity contribution in [2.45, 2.75) is 47.1 Å². The van der Waals surface area contributed by atoms with Crippen LogP contribution in [0.25, 0.3) is 0 Å². The molecule has 0 heterocycles. The number of hydrogen-bond acceptors (Lipinski definition) is 2. The van der Waals surface area contributed by atoms with Crippen LogP contribution in [0.2, 0.25) is 0 Å². The molecule has 13 heavy (non-hydrogen) atoms. The van der Waals surface area contributed by atoms with E-state index in [-0.39, 0.29) is 10.8 Å². The molecule has 3 N–H and O–H groups in total. The van der Waals surface area contributed by atoms with Gasteiger partial charge in [0, 0.05) is 0 Å². The Morgan fingerprint density at radius 3 is 1.92 bits per heavy atom. The zero-order chi connectivity index (χ0) is 10.9. The van der Waals surface area contributed by atoms with Crippen LogP contribution in [-0.2, 0) is 4.79 Å². The van der Waals surface area contributed by atoms with Gasteiger partial charge in [-0.1, -0.05) is 34.6 Å². The van der Waals surface area contributed by atoms with E-state index >= 15 is 0 Å². The van der Waals surface area contributed by atoms with Gasteiger partial charge in [0.2, 0.25) is 0 Å². The highest BCUT2D eigenvalue weighted by Gasteiger charge is 2.35. The largest absolute Gasteiger partial charge is 0.480 e. The van der Waals surface area contributed by atoms with Crippen LogP contribution in [0.1, 0.15) is 41.0 Å². The second-order valence-corrected chi connectivity index (χ2v) is 5.28. The fourth-order valence-corrected chi connectivity index (χ4v) is 0.943. The summed E-state index contributed by atoms with van der Waals surface area (Å²) in [4.78, 5) is 10.6. The first kappa shape index (κ1) is 12.4. The molecule has 0 aliphatic rings. The van der Waals surface area contributed by atoms with Gasteiger partial charge in [-0.3, -0.25) is 4.79 Å². The average Bonchev–Trinajstić information content (AvgIpc) is 1.83. The van der Waals surface area contributed by atoms with Gasteiger partial charge in [0.15, 0.2) is 0 Å². The number of aliphatic carboxylic acids is 1. The summed E-state index contributed by atoms with van der Waals surface area (Å²) in [6.07, 6.45) is 0.506. The molecule has 0 radical (unpaired) electrons. The smallest absolute Gasteiger partial charge is 0.320 e. The van der Waals surface area contributed by atoms with Gasteiger partial charge in [0.25, 0.3) is 0 Å². The number of rotatable bonds is 3. The minimum atomic E-state index is -0.919. The number of carboxylic acids is 1. The van der Waals surface area contributed by atoms with Crippen molar-refractivity contribution in [2.75, 3.05) is 0 Å². The van der Waals surface area contributed by atoms with Gasteiger partial charge in [0.05, 0.1) is 0 Å². The molecule has 0 aromatic rings. The van der Waals surface area contributed by atoms with Crippen LogP contribution < -0.4 is 5.73 Å². The quantitative estimate of drug-likeness (QED) is 0.709. The lowest BCUT2D eigenvalue weighted by Gasteiger charge is -2.39. The molecule has 0 aromatic heterocycles. The van der Waals surface area contributed by atoms with Crippen molar-refractivity contribution in [1.29, 1.82) is 0 Å². The number of hydrogen-bond donors (Lipinski definition) is 2. The molecule has 1 atom stereocenters. The maximum atomic E-state index is 10.6. The maximum Gasteiger partial charge on any atom is 0.320 e. The van der Waals surface area contributed by atoms with E-state index in [1.54, 1.807) is 0 Å². The second kappa shape index (κ2) is 3.66. The van der Waals surface area contributed by atoms with Gasteiger partial charge >= 0.3 is 5.97 Å². The Kier molecular flexibility index (Phi) is 3.50. The van der Waals surface area contributed by atoms with E-state index in [2.05, 4.69) is 34.6 Å².